The van der Waals surface area contributed by atoms with Gasteiger partial charge >= 0.3 is 0 Å². The van der Waals surface area contributed by atoms with Gasteiger partial charge in [0.15, 0.2) is 0 Å². The van der Waals surface area contributed by atoms with Crippen LogP contribution >= 0.6 is 0 Å². The van der Waals surface area contributed by atoms with Crippen molar-refractivity contribution < 1.29 is 0 Å². The van der Waals surface area contributed by atoms with Gasteiger partial charge in [0.25, 0.3) is 0 Å². The molecule has 0 saturated carbocycles. The average Bonchev–Trinajstić information content (AvgIpc) is 3.42. The second-order valence-corrected chi connectivity index (χ2v) is 31.4. The Bertz CT molecular complexity index is 3280. The lowest BCUT2D eigenvalue weighted by Crippen LogP contribution is -2.37. The fraction of sp³-hybridized carbons (Fsp3) is 0.149. The maximum atomic E-state index is 4.85. The van der Waals surface area contributed by atoms with Crippen LogP contribution in [0, 0.1) is 0 Å². The fourth-order valence-electron chi connectivity index (χ4n) is 9.55. The van der Waals surface area contributed by atoms with Crippen molar-refractivity contribution in [2.24, 2.45) is 0 Å². The number of pyridine rings is 3. The Labute approximate surface area is 429 Å². The molecule has 0 amide bonds. The molecule has 10 rings (SSSR count). The Morgan fingerprint density at radius 1 is 0.278 bits per heavy atom. The van der Waals surface area contributed by atoms with Crippen molar-refractivity contribution in [1.82, 2.24) is 15.0 Å². The Morgan fingerprint density at radius 3 is 1.17 bits per heavy atom. The Balaban J connectivity index is 0.899. The van der Waals surface area contributed by atoms with E-state index >= 15 is 0 Å². The van der Waals surface area contributed by atoms with E-state index in [-0.39, 0.29) is 0 Å². The van der Waals surface area contributed by atoms with Crippen LogP contribution in [0.3, 0.4) is 0 Å². The van der Waals surface area contributed by atoms with Crippen LogP contribution < -0.4 is 10.4 Å². The van der Waals surface area contributed by atoms with Crippen LogP contribution in [-0.4, -0.2) is 31.1 Å². The van der Waals surface area contributed by atoms with Crippen LogP contribution in [0.5, 0.6) is 0 Å². The minimum Gasteiger partial charge on any atom is -0.256 e. The average molecular weight is 966 g/mol. The number of nitrogens with zero attached hydrogens (tertiary/aromatic N) is 3. The van der Waals surface area contributed by atoms with Gasteiger partial charge in [0.2, 0.25) is 0 Å². The Hall–Kier alpha value is -7.58. The van der Waals surface area contributed by atoms with E-state index in [9.17, 15) is 0 Å². The molecule has 0 aliphatic carbocycles. The fourth-order valence-corrected chi connectivity index (χ4v) is 11.6. The highest BCUT2D eigenvalue weighted by Gasteiger charge is 2.18. The van der Waals surface area contributed by atoms with Crippen molar-refractivity contribution in [2.75, 3.05) is 0 Å². The number of hydrogen-bond acceptors (Lipinski definition) is 3. The molecule has 10 aromatic rings. The molecule has 0 fully saturated rings. The summed E-state index contributed by atoms with van der Waals surface area (Å²) in [4.78, 5) is 14.5. The molecule has 0 spiro atoms. The van der Waals surface area contributed by atoms with Gasteiger partial charge in [-0.3, -0.25) is 15.0 Å². The summed E-state index contributed by atoms with van der Waals surface area (Å²) in [6, 6.07) is 75.7. The van der Waals surface area contributed by atoms with E-state index in [4.69, 9.17) is 15.0 Å². The molecule has 7 aromatic carbocycles. The van der Waals surface area contributed by atoms with Crippen LogP contribution in [0.15, 0.2) is 225 Å². The van der Waals surface area contributed by atoms with Gasteiger partial charge in [-0.15, -0.1) is 0 Å². The van der Waals surface area contributed by atoms with Gasteiger partial charge in [-0.1, -0.05) is 221 Å². The largest absolute Gasteiger partial charge is 0.256 e. The lowest BCUT2D eigenvalue weighted by molar-refractivity contribution is 0.931. The second-order valence-electron chi connectivity index (χ2n) is 21.3. The number of aryl methyl sites for hydroxylation is 4. The zero-order valence-corrected chi connectivity index (χ0v) is 44.5. The SMILES string of the molecule is C[Si](C)(C)c1ccc(-c2ccc(CCc3cc(CCc4ccc(-c5ccc([Si](C)(C)C)cn5)cc4)cc(-c4ccccc4-c4ccc(-c5cc(-c6ccc(-c7ccccc7)cc6)ccn5)cc4)c3)cc2)nc1. The number of rotatable bonds is 15. The first-order chi connectivity index (χ1) is 34.9. The number of benzene rings is 7. The van der Waals surface area contributed by atoms with E-state index < -0.39 is 16.1 Å². The first-order valence-electron chi connectivity index (χ1n) is 25.5. The summed E-state index contributed by atoms with van der Waals surface area (Å²) >= 11 is 0. The van der Waals surface area contributed by atoms with Crippen molar-refractivity contribution >= 4 is 26.5 Å². The molecule has 0 aliphatic heterocycles. The molecule has 354 valence electrons. The normalized spacial score (nSPS) is 11.7. The van der Waals surface area contributed by atoms with E-state index in [2.05, 4.69) is 258 Å². The molecule has 3 aromatic heterocycles. The number of aromatic nitrogens is 3. The van der Waals surface area contributed by atoms with Crippen LogP contribution in [0.4, 0.5) is 0 Å². The van der Waals surface area contributed by atoms with Gasteiger partial charge in [-0.2, -0.15) is 0 Å². The molecule has 0 bridgehead atoms. The maximum Gasteiger partial charge on any atom is 0.0796 e. The highest BCUT2D eigenvalue weighted by atomic mass is 28.3. The molecule has 0 atom stereocenters. The summed E-state index contributed by atoms with van der Waals surface area (Å²) in [5.74, 6) is 0. The van der Waals surface area contributed by atoms with Crippen LogP contribution in [0.1, 0.15) is 22.3 Å². The second kappa shape index (κ2) is 21.0. The quantitative estimate of drug-likeness (QED) is 0.0961. The Kier molecular flexibility index (Phi) is 14.0. The lowest BCUT2D eigenvalue weighted by atomic mass is 9.90. The first-order valence-corrected chi connectivity index (χ1v) is 32.5. The van der Waals surface area contributed by atoms with Gasteiger partial charge < -0.3 is 0 Å². The van der Waals surface area contributed by atoms with Gasteiger partial charge in [0.1, 0.15) is 0 Å². The molecule has 3 heterocycles. The van der Waals surface area contributed by atoms with Gasteiger partial charge in [-0.25, -0.2) is 0 Å². The third-order valence-corrected chi connectivity index (χ3v) is 18.1. The molecule has 0 radical (unpaired) electrons. The highest BCUT2D eigenvalue weighted by Crippen LogP contribution is 2.36. The van der Waals surface area contributed by atoms with Crippen LogP contribution in [0.25, 0.3) is 78.3 Å². The van der Waals surface area contributed by atoms with E-state index in [0.717, 1.165) is 65.0 Å². The maximum absolute atomic E-state index is 4.85. The van der Waals surface area contributed by atoms with Crippen LogP contribution in [-0.2, 0) is 25.7 Å². The Morgan fingerprint density at radius 2 is 0.681 bits per heavy atom. The van der Waals surface area contributed by atoms with Crippen LogP contribution in [0.2, 0.25) is 39.3 Å². The predicted molar refractivity (Wildman–Crippen MR) is 312 cm³/mol. The predicted octanol–water partition coefficient (Wildman–Crippen LogP) is 16.2. The van der Waals surface area contributed by atoms with E-state index in [1.807, 2.05) is 6.20 Å². The van der Waals surface area contributed by atoms with E-state index in [1.165, 1.54) is 71.6 Å². The molecular weight excluding hydrogens is 903 g/mol. The van der Waals surface area contributed by atoms with Gasteiger partial charge in [0, 0.05) is 35.3 Å². The summed E-state index contributed by atoms with van der Waals surface area (Å²) in [5.41, 5.74) is 21.5. The lowest BCUT2D eigenvalue weighted by Gasteiger charge is -2.16. The third kappa shape index (κ3) is 11.4. The smallest absolute Gasteiger partial charge is 0.0796 e. The summed E-state index contributed by atoms with van der Waals surface area (Å²) in [5, 5.41) is 2.77. The summed E-state index contributed by atoms with van der Waals surface area (Å²) in [6.45, 7) is 14.2. The minimum atomic E-state index is -1.40. The molecule has 3 nitrogen and oxygen atoms in total. The van der Waals surface area contributed by atoms with Gasteiger partial charge in [0.05, 0.1) is 33.2 Å². The zero-order chi connectivity index (χ0) is 49.7. The first kappa shape index (κ1) is 48.1. The van der Waals surface area contributed by atoms with Gasteiger partial charge in [-0.05, 0) is 127 Å². The molecular formula is C67H63N3Si2. The molecule has 0 aliphatic rings. The molecule has 0 N–H and O–H groups in total. The molecule has 5 heteroatoms. The molecule has 0 saturated heterocycles. The number of hydrogen-bond donors (Lipinski definition) is 0. The minimum absolute atomic E-state index is 0.946. The summed E-state index contributed by atoms with van der Waals surface area (Å²) in [6.07, 6.45) is 9.89. The van der Waals surface area contributed by atoms with E-state index in [1.54, 1.807) is 0 Å². The molecule has 72 heavy (non-hydrogen) atoms. The van der Waals surface area contributed by atoms with Crippen molar-refractivity contribution in [3.05, 3.63) is 247 Å². The monoisotopic (exact) mass is 965 g/mol. The summed E-state index contributed by atoms with van der Waals surface area (Å²) < 4.78 is 0. The zero-order valence-electron chi connectivity index (χ0n) is 42.5. The topological polar surface area (TPSA) is 38.7 Å². The van der Waals surface area contributed by atoms with Crippen molar-refractivity contribution in [3.63, 3.8) is 0 Å². The molecule has 0 unspecified atom stereocenters. The van der Waals surface area contributed by atoms with Crippen molar-refractivity contribution in [3.8, 4) is 78.3 Å². The summed E-state index contributed by atoms with van der Waals surface area (Å²) in [7, 11) is -2.80. The standard InChI is InChI=1S/C67H63N3Si2/c1-71(2,3)61-36-38-65(69-46-61)56-24-20-48(21-25-56)16-18-50-42-51(19-17-49-22-26-57(27-23-49)66-39-37-62(47-70-66)72(4,5)6)44-60(43-50)64-15-11-10-14-63(64)55-32-34-58(35-33-55)67-45-59(40-41-68-67)54-30-28-53(29-31-54)52-12-8-7-9-13-52/h7-15,20-47H,16-19H2,1-6H3. The van der Waals surface area contributed by atoms with E-state index in [0.29, 0.717) is 0 Å². The highest BCUT2D eigenvalue weighted by molar-refractivity contribution is 6.89. The third-order valence-electron chi connectivity index (χ3n) is 14.0. The van der Waals surface area contributed by atoms with Crippen molar-refractivity contribution in [1.29, 1.82) is 0 Å². The van der Waals surface area contributed by atoms with Crippen molar-refractivity contribution in [2.45, 2.75) is 65.0 Å².